The monoisotopic (exact) mass is 559 g/mol. The van der Waals surface area contributed by atoms with Crippen LogP contribution in [0.1, 0.15) is 16.1 Å². The van der Waals surface area contributed by atoms with Crippen LogP contribution in [-0.4, -0.2) is 39.6 Å². The van der Waals surface area contributed by atoms with Crippen molar-refractivity contribution in [3.8, 4) is 11.1 Å². The highest BCUT2D eigenvalue weighted by atomic mass is 19.4. The van der Waals surface area contributed by atoms with Crippen LogP contribution in [0.3, 0.4) is 0 Å². The van der Waals surface area contributed by atoms with Gasteiger partial charge < -0.3 is 26.4 Å². The summed E-state index contributed by atoms with van der Waals surface area (Å²) < 4.78 is 74.5. The van der Waals surface area contributed by atoms with Crippen LogP contribution in [0.4, 0.5) is 43.9 Å². The van der Waals surface area contributed by atoms with Crippen molar-refractivity contribution in [3.63, 3.8) is 0 Å². The molecule has 0 saturated heterocycles. The first-order chi connectivity index (χ1) is 19.0. The van der Waals surface area contributed by atoms with E-state index >= 15 is 4.39 Å². The molecule has 0 aliphatic carbocycles. The minimum atomic E-state index is -4.76. The first-order valence-electron chi connectivity index (χ1n) is 11.5. The standard InChI is InChI=1S/C25H18F5N7O3/c26-15-3-2-13(25(28,29)30)8-18(15)36-24(39)35-17-4-1-12(7-16(17)27)14-9-19(22(38)20-10-32-5-6-40-20)37-21(14)23(31)33-11-34-37/h1-4,7-11,32H,5-6H2,(H2,31,33,34)(H2,35,36,39). The molecule has 2 aromatic carbocycles. The van der Waals surface area contributed by atoms with Gasteiger partial charge in [0.05, 0.1) is 16.9 Å². The van der Waals surface area contributed by atoms with Crippen LogP contribution in [0.15, 0.2) is 60.8 Å². The largest absolute Gasteiger partial charge is 0.486 e. The third kappa shape index (κ3) is 5.08. The zero-order valence-corrected chi connectivity index (χ0v) is 20.1. The smallest absolute Gasteiger partial charge is 0.416 e. The second-order valence-electron chi connectivity index (χ2n) is 8.46. The third-order valence-electron chi connectivity index (χ3n) is 5.85. The summed E-state index contributed by atoms with van der Waals surface area (Å²) in [6, 6.07) is 5.36. The summed E-state index contributed by atoms with van der Waals surface area (Å²) in [5, 5.41) is 11.1. The average Bonchev–Trinajstić information content (AvgIpc) is 3.31. The van der Waals surface area contributed by atoms with E-state index in [1.54, 1.807) is 0 Å². The lowest BCUT2D eigenvalue weighted by Crippen LogP contribution is -2.24. The summed E-state index contributed by atoms with van der Waals surface area (Å²) in [7, 11) is 0. The fourth-order valence-electron chi connectivity index (χ4n) is 3.99. The Morgan fingerprint density at radius 1 is 1.02 bits per heavy atom. The average molecular weight is 559 g/mol. The number of nitrogens with two attached hydrogens (primary N) is 1. The van der Waals surface area contributed by atoms with E-state index in [-0.39, 0.29) is 40.6 Å². The fraction of sp³-hybridized carbons (Fsp3) is 0.120. The summed E-state index contributed by atoms with van der Waals surface area (Å²) in [6.45, 7) is 0.803. The number of ketones is 1. The molecule has 4 aromatic rings. The number of fused-ring (bicyclic) bond motifs is 1. The molecule has 2 amide bonds. The zero-order valence-electron chi connectivity index (χ0n) is 20.1. The second kappa shape index (κ2) is 10.2. The molecule has 15 heteroatoms. The quantitative estimate of drug-likeness (QED) is 0.208. The highest BCUT2D eigenvalue weighted by Gasteiger charge is 2.31. The van der Waals surface area contributed by atoms with Crippen molar-refractivity contribution in [2.45, 2.75) is 6.18 Å². The Hall–Kier alpha value is -5.21. The molecule has 2 aromatic heterocycles. The Labute approximate surface area is 221 Å². The first kappa shape index (κ1) is 26.4. The van der Waals surface area contributed by atoms with Gasteiger partial charge in [0.25, 0.3) is 0 Å². The molecule has 0 bridgehead atoms. The van der Waals surface area contributed by atoms with Gasteiger partial charge in [-0.2, -0.15) is 18.3 Å². The lowest BCUT2D eigenvalue weighted by atomic mass is 10.1. The molecule has 5 rings (SSSR count). The van der Waals surface area contributed by atoms with Crippen molar-refractivity contribution >= 4 is 34.5 Å². The number of anilines is 3. The number of hydrogen-bond acceptors (Lipinski definition) is 7. The number of halogens is 5. The SMILES string of the molecule is Nc1ncnn2c(C(=O)C3=CNCCO3)cc(-c3ccc(NC(=O)Nc4cc(C(F)(F)F)ccc4F)c(F)c3)c12. The van der Waals surface area contributed by atoms with Gasteiger partial charge in [-0.1, -0.05) is 6.07 Å². The lowest BCUT2D eigenvalue weighted by Gasteiger charge is -2.14. The number of nitrogens with zero attached hydrogens (tertiary/aromatic N) is 3. The molecule has 0 spiro atoms. The molecule has 0 saturated carbocycles. The van der Waals surface area contributed by atoms with Crippen molar-refractivity contribution in [1.29, 1.82) is 0 Å². The number of aromatic nitrogens is 3. The van der Waals surface area contributed by atoms with Crippen LogP contribution in [0, 0.1) is 11.6 Å². The molecule has 40 heavy (non-hydrogen) atoms. The number of rotatable bonds is 5. The van der Waals surface area contributed by atoms with E-state index in [0.717, 1.165) is 12.4 Å². The van der Waals surface area contributed by atoms with E-state index in [9.17, 15) is 27.2 Å². The van der Waals surface area contributed by atoms with Crippen LogP contribution in [-0.2, 0) is 10.9 Å². The van der Waals surface area contributed by atoms with E-state index in [2.05, 4.69) is 20.7 Å². The highest BCUT2D eigenvalue weighted by molar-refractivity contribution is 6.09. The molecule has 0 fully saturated rings. The Morgan fingerprint density at radius 3 is 2.50 bits per heavy atom. The van der Waals surface area contributed by atoms with Gasteiger partial charge in [0, 0.05) is 18.3 Å². The number of allylic oxidation sites excluding steroid dienone is 1. The van der Waals surface area contributed by atoms with Gasteiger partial charge in [-0.15, -0.1) is 0 Å². The molecule has 1 aliphatic heterocycles. The molecular weight excluding hydrogens is 541 g/mol. The number of amides is 2. The van der Waals surface area contributed by atoms with Crippen LogP contribution >= 0.6 is 0 Å². The third-order valence-corrected chi connectivity index (χ3v) is 5.85. The number of alkyl halides is 3. The Bertz CT molecular complexity index is 1680. The van der Waals surface area contributed by atoms with Crippen LogP contribution < -0.4 is 21.7 Å². The van der Waals surface area contributed by atoms with Gasteiger partial charge in [-0.3, -0.25) is 4.79 Å². The topological polar surface area (TPSA) is 136 Å². The number of Topliss-reactive ketones (excluding diaryl/α,β-unsaturated/α-hetero) is 1. The minimum absolute atomic E-state index is 0.00539. The number of carbonyl (C=O) groups is 2. The zero-order chi connectivity index (χ0) is 28.6. The fourth-order valence-corrected chi connectivity index (χ4v) is 3.99. The molecule has 10 nitrogen and oxygen atoms in total. The Kier molecular flexibility index (Phi) is 6.71. The number of nitrogens with one attached hydrogen (secondary N) is 3. The maximum atomic E-state index is 15.1. The van der Waals surface area contributed by atoms with Crippen molar-refractivity contribution < 1.29 is 36.3 Å². The van der Waals surface area contributed by atoms with Crippen molar-refractivity contribution in [3.05, 3.63) is 83.6 Å². The number of hydrogen-bond donors (Lipinski definition) is 4. The van der Waals surface area contributed by atoms with Crippen molar-refractivity contribution in [1.82, 2.24) is 19.9 Å². The Morgan fingerprint density at radius 2 is 1.80 bits per heavy atom. The molecule has 1 aliphatic rings. The van der Waals surface area contributed by atoms with Gasteiger partial charge in [-0.05, 0) is 42.0 Å². The number of nitrogen functional groups attached to an aromatic ring is 1. The predicted molar refractivity (Wildman–Crippen MR) is 133 cm³/mol. The van der Waals surface area contributed by atoms with Crippen molar-refractivity contribution in [2.24, 2.45) is 0 Å². The van der Waals surface area contributed by atoms with Gasteiger partial charge in [0.1, 0.15) is 35.8 Å². The number of carbonyl (C=O) groups excluding carboxylic acids is 2. The van der Waals surface area contributed by atoms with Gasteiger partial charge in [0.15, 0.2) is 11.6 Å². The summed E-state index contributed by atoms with van der Waals surface area (Å²) in [4.78, 5) is 29.3. The lowest BCUT2D eigenvalue weighted by molar-refractivity contribution is -0.137. The minimum Gasteiger partial charge on any atom is -0.486 e. The van der Waals surface area contributed by atoms with E-state index < -0.39 is 40.9 Å². The molecule has 3 heterocycles. The maximum Gasteiger partial charge on any atom is 0.416 e. The summed E-state index contributed by atoms with van der Waals surface area (Å²) in [5.41, 5.74) is 4.58. The summed E-state index contributed by atoms with van der Waals surface area (Å²) >= 11 is 0. The summed E-state index contributed by atoms with van der Waals surface area (Å²) in [6.07, 6.45) is -2.19. The first-order valence-corrected chi connectivity index (χ1v) is 11.5. The van der Waals surface area contributed by atoms with Gasteiger partial charge in [-0.25, -0.2) is 23.1 Å². The molecule has 0 unspecified atom stereocenters. The van der Waals surface area contributed by atoms with E-state index in [1.165, 1.54) is 28.9 Å². The molecule has 206 valence electrons. The van der Waals surface area contributed by atoms with Crippen LogP contribution in [0.5, 0.6) is 0 Å². The molecule has 0 atom stereocenters. The van der Waals surface area contributed by atoms with Crippen LogP contribution in [0.2, 0.25) is 0 Å². The number of ether oxygens (including phenoxy) is 1. The van der Waals surface area contributed by atoms with E-state index in [4.69, 9.17) is 10.5 Å². The number of urea groups is 1. The molecule has 5 N–H and O–H groups in total. The van der Waals surface area contributed by atoms with Gasteiger partial charge in [0.2, 0.25) is 5.78 Å². The second-order valence-corrected chi connectivity index (χ2v) is 8.46. The summed E-state index contributed by atoms with van der Waals surface area (Å²) in [5.74, 6) is -2.52. The molecule has 0 radical (unpaired) electrons. The normalized spacial score (nSPS) is 13.3. The number of benzene rings is 2. The highest BCUT2D eigenvalue weighted by Crippen LogP contribution is 2.34. The maximum absolute atomic E-state index is 15.1. The molecular formula is C25H18F5N7O3. The van der Waals surface area contributed by atoms with Gasteiger partial charge >= 0.3 is 12.2 Å². The van der Waals surface area contributed by atoms with E-state index in [1.807, 2.05) is 5.32 Å². The van der Waals surface area contributed by atoms with Crippen molar-refractivity contribution in [2.75, 3.05) is 29.5 Å². The van der Waals surface area contributed by atoms with E-state index in [0.29, 0.717) is 30.3 Å². The Balaban J connectivity index is 1.43. The van der Waals surface area contributed by atoms with Crippen LogP contribution in [0.25, 0.3) is 16.6 Å². The predicted octanol–water partition coefficient (Wildman–Crippen LogP) is 4.56.